The van der Waals surface area contributed by atoms with Crippen molar-refractivity contribution in [1.29, 1.82) is 0 Å². The van der Waals surface area contributed by atoms with Crippen molar-refractivity contribution in [3.8, 4) is 0 Å². The van der Waals surface area contributed by atoms with Gasteiger partial charge >= 0.3 is 0 Å². The molecular formula is C18H27N. The number of allylic oxidation sites excluding steroid dienone is 2. The van der Waals surface area contributed by atoms with Crippen molar-refractivity contribution < 1.29 is 0 Å². The van der Waals surface area contributed by atoms with Crippen LogP contribution in [0.25, 0.3) is 5.57 Å². The average Bonchev–Trinajstić information content (AvgIpc) is 2.58. The lowest BCUT2D eigenvalue weighted by molar-refractivity contribution is 0.633. The van der Waals surface area contributed by atoms with Gasteiger partial charge in [-0.15, -0.1) is 0 Å². The number of nitrogens with one attached hydrogen (secondary N) is 1. The predicted octanol–water partition coefficient (Wildman–Crippen LogP) is 5.41. The highest BCUT2D eigenvalue weighted by molar-refractivity contribution is 5.80. The summed E-state index contributed by atoms with van der Waals surface area (Å²) in [6, 6.07) is 6.80. The van der Waals surface area contributed by atoms with Crippen LogP contribution in [0.3, 0.4) is 0 Å². The van der Waals surface area contributed by atoms with Crippen LogP contribution >= 0.6 is 0 Å². The van der Waals surface area contributed by atoms with E-state index in [4.69, 9.17) is 0 Å². The molecule has 0 saturated carbocycles. The van der Waals surface area contributed by atoms with E-state index in [0.717, 1.165) is 5.92 Å². The maximum Gasteiger partial charge on any atom is 0.0423 e. The van der Waals surface area contributed by atoms with E-state index in [2.05, 4.69) is 65.1 Å². The van der Waals surface area contributed by atoms with Crippen LogP contribution in [0.2, 0.25) is 0 Å². The van der Waals surface area contributed by atoms with Gasteiger partial charge in [-0.05, 0) is 70.6 Å². The van der Waals surface area contributed by atoms with Gasteiger partial charge in [-0.25, -0.2) is 0 Å². The van der Waals surface area contributed by atoms with Crippen LogP contribution < -0.4 is 5.32 Å². The molecular weight excluding hydrogens is 230 g/mol. The Morgan fingerprint density at radius 3 is 2.37 bits per heavy atom. The summed E-state index contributed by atoms with van der Waals surface area (Å²) in [6.07, 6.45) is 2.51. The molecule has 2 rings (SSSR count). The minimum absolute atomic E-state index is 0.0984. The van der Waals surface area contributed by atoms with Crippen LogP contribution in [0.15, 0.2) is 23.8 Å². The largest absolute Gasteiger partial charge is 0.380 e. The molecule has 0 radical (unpaired) electrons. The fourth-order valence-electron chi connectivity index (χ4n) is 2.85. The Morgan fingerprint density at radius 2 is 1.84 bits per heavy atom. The lowest BCUT2D eigenvalue weighted by atomic mass is 9.96. The Bertz CT molecular complexity index is 503. The van der Waals surface area contributed by atoms with Gasteiger partial charge in [0, 0.05) is 16.8 Å². The minimum Gasteiger partial charge on any atom is -0.380 e. The van der Waals surface area contributed by atoms with Gasteiger partial charge in [0.2, 0.25) is 0 Å². The van der Waals surface area contributed by atoms with Crippen molar-refractivity contribution in [3.05, 3.63) is 34.9 Å². The molecule has 1 aliphatic rings. The third-order valence-electron chi connectivity index (χ3n) is 4.05. The van der Waals surface area contributed by atoms with Gasteiger partial charge in [-0.3, -0.25) is 0 Å². The van der Waals surface area contributed by atoms with Crippen molar-refractivity contribution in [3.63, 3.8) is 0 Å². The topological polar surface area (TPSA) is 12.0 Å². The second-order valence-corrected chi connectivity index (χ2v) is 7.03. The van der Waals surface area contributed by atoms with Crippen LogP contribution in [0.1, 0.15) is 58.6 Å². The molecule has 0 fully saturated rings. The molecule has 1 aromatic carbocycles. The summed E-state index contributed by atoms with van der Waals surface area (Å²) in [4.78, 5) is 0. The highest BCUT2D eigenvalue weighted by Crippen LogP contribution is 2.40. The number of aryl methyl sites for hydroxylation is 1. The van der Waals surface area contributed by atoms with Crippen LogP contribution in [-0.2, 0) is 0 Å². The Hall–Kier alpha value is -1.24. The summed E-state index contributed by atoms with van der Waals surface area (Å²) in [5, 5.41) is 3.67. The summed E-state index contributed by atoms with van der Waals surface area (Å²) >= 11 is 0. The van der Waals surface area contributed by atoms with E-state index in [1.165, 1.54) is 29.7 Å². The Kier molecular flexibility index (Phi) is 3.75. The zero-order chi connectivity index (χ0) is 14.2. The molecule has 19 heavy (non-hydrogen) atoms. The van der Waals surface area contributed by atoms with Gasteiger partial charge in [0.15, 0.2) is 0 Å². The Balaban J connectivity index is 2.46. The molecule has 0 saturated heterocycles. The van der Waals surface area contributed by atoms with E-state index in [0.29, 0.717) is 0 Å². The van der Waals surface area contributed by atoms with Gasteiger partial charge in [-0.1, -0.05) is 24.6 Å². The monoisotopic (exact) mass is 257 g/mol. The second-order valence-electron chi connectivity index (χ2n) is 7.03. The van der Waals surface area contributed by atoms with E-state index in [-0.39, 0.29) is 5.54 Å². The standard InChI is InChI=1S/C18H27N/c1-12-7-9-16(15-10-8-13(2)14(15)3)17(11-12)19-18(4,5)6/h7,9,11,13,19H,8,10H2,1-6H3. The molecule has 1 nitrogen and oxygen atoms in total. The quantitative estimate of drug-likeness (QED) is 0.747. The molecule has 104 valence electrons. The minimum atomic E-state index is 0.0984. The Morgan fingerprint density at radius 1 is 1.16 bits per heavy atom. The number of hydrogen-bond donors (Lipinski definition) is 1. The molecule has 1 aromatic rings. The lowest BCUT2D eigenvalue weighted by Gasteiger charge is -2.25. The van der Waals surface area contributed by atoms with Gasteiger partial charge in [0.25, 0.3) is 0 Å². The fourth-order valence-corrected chi connectivity index (χ4v) is 2.85. The summed E-state index contributed by atoms with van der Waals surface area (Å²) in [6.45, 7) is 13.5. The van der Waals surface area contributed by atoms with Gasteiger partial charge in [-0.2, -0.15) is 0 Å². The molecule has 0 amide bonds. The van der Waals surface area contributed by atoms with Crippen LogP contribution in [0.4, 0.5) is 5.69 Å². The predicted molar refractivity (Wildman–Crippen MR) is 85.5 cm³/mol. The summed E-state index contributed by atoms with van der Waals surface area (Å²) in [5.74, 6) is 0.735. The molecule has 1 N–H and O–H groups in total. The number of benzene rings is 1. The molecule has 1 atom stereocenters. The second kappa shape index (κ2) is 5.03. The maximum absolute atomic E-state index is 3.67. The smallest absolute Gasteiger partial charge is 0.0423 e. The molecule has 1 unspecified atom stereocenters. The van der Waals surface area contributed by atoms with Crippen LogP contribution in [-0.4, -0.2) is 5.54 Å². The highest BCUT2D eigenvalue weighted by atomic mass is 15.0. The third kappa shape index (κ3) is 3.20. The molecule has 0 spiro atoms. The highest BCUT2D eigenvalue weighted by Gasteiger charge is 2.22. The first kappa shape index (κ1) is 14.2. The first-order valence-electron chi connectivity index (χ1n) is 7.37. The fraction of sp³-hybridized carbons (Fsp3) is 0.556. The van der Waals surface area contributed by atoms with E-state index in [1.54, 1.807) is 11.1 Å². The molecule has 1 aliphatic carbocycles. The SMILES string of the molecule is CC1=C(c2ccc(C)cc2NC(C)(C)C)CCC1C. The maximum atomic E-state index is 3.67. The van der Waals surface area contributed by atoms with Crippen LogP contribution in [0, 0.1) is 12.8 Å². The van der Waals surface area contributed by atoms with Crippen molar-refractivity contribution >= 4 is 11.3 Å². The molecule has 0 aromatic heterocycles. The molecule has 0 heterocycles. The Labute approximate surface area is 118 Å². The summed E-state index contributed by atoms with van der Waals surface area (Å²) < 4.78 is 0. The average molecular weight is 257 g/mol. The van der Waals surface area contributed by atoms with Crippen molar-refractivity contribution in [2.24, 2.45) is 5.92 Å². The van der Waals surface area contributed by atoms with Crippen molar-refractivity contribution in [2.75, 3.05) is 5.32 Å². The zero-order valence-corrected chi connectivity index (χ0v) is 13.2. The number of hydrogen-bond acceptors (Lipinski definition) is 1. The van der Waals surface area contributed by atoms with Crippen molar-refractivity contribution in [2.45, 2.75) is 59.9 Å². The molecule has 0 bridgehead atoms. The number of rotatable bonds is 2. The van der Waals surface area contributed by atoms with Crippen molar-refractivity contribution in [1.82, 2.24) is 0 Å². The molecule has 0 aliphatic heterocycles. The van der Waals surface area contributed by atoms with Gasteiger partial charge in [0.1, 0.15) is 0 Å². The van der Waals surface area contributed by atoms with Gasteiger partial charge < -0.3 is 5.32 Å². The summed E-state index contributed by atoms with van der Waals surface area (Å²) in [5.41, 5.74) is 7.24. The van der Waals surface area contributed by atoms with E-state index in [9.17, 15) is 0 Å². The van der Waals surface area contributed by atoms with Crippen LogP contribution in [0.5, 0.6) is 0 Å². The first-order chi connectivity index (χ1) is 8.78. The number of anilines is 1. The van der Waals surface area contributed by atoms with Gasteiger partial charge in [0.05, 0.1) is 0 Å². The first-order valence-corrected chi connectivity index (χ1v) is 7.37. The van der Waals surface area contributed by atoms with E-state index >= 15 is 0 Å². The van der Waals surface area contributed by atoms with E-state index in [1.807, 2.05) is 0 Å². The normalized spacial score (nSPS) is 20.0. The molecule has 1 heteroatoms. The summed E-state index contributed by atoms with van der Waals surface area (Å²) in [7, 11) is 0. The van der Waals surface area contributed by atoms with E-state index < -0.39 is 0 Å². The lowest BCUT2D eigenvalue weighted by Crippen LogP contribution is -2.26. The third-order valence-corrected chi connectivity index (χ3v) is 4.05. The zero-order valence-electron chi connectivity index (χ0n) is 13.2.